The number of nitrogens with zero attached hydrogens (tertiary/aromatic N) is 1. The zero-order valence-corrected chi connectivity index (χ0v) is 10.8. The fourth-order valence-electron chi connectivity index (χ4n) is 3.38. The van der Waals surface area contributed by atoms with Crippen molar-refractivity contribution in [3.8, 4) is 0 Å². The fourth-order valence-corrected chi connectivity index (χ4v) is 3.38. The Hall–Kier alpha value is -1.42. The molecule has 1 aromatic carbocycles. The number of halogens is 1. The van der Waals surface area contributed by atoms with Crippen molar-refractivity contribution < 1.29 is 14.3 Å². The van der Waals surface area contributed by atoms with Crippen LogP contribution in [0.1, 0.15) is 43.7 Å². The van der Waals surface area contributed by atoms with Crippen molar-refractivity contribution in [2.24, 2.45) is 0 Å². The number of rotatable bonds is 1. The first kappa shape index (κ1) is 12.6. The molecular weight excluding hydrogens is 245 g/mol. The molecule has 2 fully saturated rings. The summed E-state index contributed by atoms with van der Waals surface area (Å²) in [6, 6.07) is 6.30. The van der Waals surface area contributed by atoms with Crippen molar-refractivity contribution in [2.75, 3.05) is 0 Å². The maximum Gasteiger partial charge on any atom is 0.223 e. The molecular formula is C15H18FNO2. The van der Waals surface area contributed by atoms with Gasteiger partial charge < -0.3 is 10.0 Å². The van der Waals surface area contributed by atoms with E-state index in [9.17, 15) is 14.3 Å². The third kappa shape index (κ3) is 2.37. The van der Waals surface area contributed by atoms with Gasteiger partial charge in [0.15, 0.2) is 0 Å². The van der Waals surface area contributed by atoms with Crippen LogP contribution in [0.3, 0.4) is 0 Å². The number of aliphatic hydroxyl groups is 1. The van der Waals surface area contributed by atoms with E-state index in [-0.39, 0.29) is 29.9 Å². The molecule has 1 amide bonds. The first-order valence-corrected chi connectivity index (χ1v) is 6.90. The topological polar surface area (TPSA) is 40.5 Å². The number of piperidine rings is 2. The standard InChI is InChI=1S/C15H18FNO2/c16-11-6-4-10(5-7-11)14-9-13(18)8-12-2-1-3-15(19)17(12)14/h4-7,12-14,18H,1-3,8-9H2/t12-,13?,14-/m0/s1. The Balaban J connectivity index is 1.92. The van der Waals surface area contributed by atoms with Crippen LogP contribution in [0, 0.1) is 5.82 Å². The molecule has 2 aliphatic rings. The van der Waals surface area contributed by atoms with Gasteiger partial charge in [-0.3, -0.25) is 4.79 Å². The average molecular weight is 263 g/mol. The van der Waals surface area contributed by atoms with Gasteiger partial charge in [-0.2, -0.15) is 0 Å². The Kier molecular flexibility index (Phi) is 3.27. The van der Waals surface area contributed by atoms with Gasteiger partial charge in [0.25, 0.3) is 0 Å². The van der Waals surface area contributed by atoms with Gasteiger partial charge in [0.05, 0.1) is 12.1 Å². The summed E-state index contributed by atoms with van der Waals surface area (Å²) in [5.74, 6) is -0.112. The van der Waals surface area contributed by atoms with Crippen molar-refractivity contribution in [3.05, 3.63) is 35.6 Å². The van der Waals surface area contributed by atoms with Gasteiger partial charge in [0.1, 0.15) is 5.82 Å². The predicted octanol–water partition coefficient (Wildman–Crippen LogP) is 2.40. The van der Waals surface area contributed by atoms with Gasteiger partial charge in [-0.1, -0.05) is 12.1 Å². The van der Waals surface area contributed by atoms with E-state index in [2.05, 4.69) is 0 Å². The Morgan fingerprint density at radius 3 is 2.68 bits per heavy atom. The molecule has 0 aliphatic carbocycles. The van der Waals surface area contributed by atoms with E-state index in [1.54, 1.807) is 12.1 Å². The van der Waals surface area contributed by atoms with Crippen LogP contribution in [0.2, 0.25) is 0 Å². The number of carbonyl (C=O) groups excluding carboxylic acids is 1. The lowest BCUT2D eigenvalue weighted by Crippen LogP contribution is -2.51. The third-order valence-corrected chi connectivity index (χ3v) is 4.24. The Labute approximate surface area is 112 Å². The van der Waals surface area contributed by atoms with Gasteiger partial charge in [-0.25, -0.2) is 4.39 Å². The molecule has 3 nitrogen and oxygen atoms in total. The molecule has 3 atom stereocenters. The second kappa shape index (κ2) is 4.93. The number of hydrogen-bond donors (Lipinski definition) is 1. The molecule has 102 valence electrons. The lowest BCUT2D eigenvalue weighted by molar-refractivity contribution is -0.145. The Bertz CT molecular complexity index is 474. The van der Waals surface area contributed by atoms with E-state index >= 15 is 0 Å². The Morgan fingerprint density at radius 2 is 1.95 bits per heavy atom. The predicted molar refractivity (Wildman–Crippen MR) is 68.9 cm³/mol. The van der Waals surface area contributed by atoms with Gasteiger partial charge >= 0.3 is 0 Å². The molecule has 0 spiro atoms. The monoisotopic (exact) mass is 263 g/mol. The van der Waals surface area contributed by atoms with Crippen LogP contribution in [-0.4, -0.2) is 28.1 Å². The zero-order valence-electron chi connectivity index (χ0n) is 10.8. The maximum absolute atomic E-state index is 13.0. The summed E-state index contributed by atoms with van der Waals surface area (Å²) < 4.78 is 13.0. The van der Waals surface area contributed by atoms with Crippen LogP contribution in [0.15, 0.2) is 24.3 Å². The number of benzene rings is 1. The lowest BCUT2D eigenvalue weighted by atomic mass is 9.84. The maximum atomic E-state index is 13.0. The number of carbonyl (C=O) groups is 1. The molecule has 3 rings (SSSR count). The molecule has 0 aromatic heterocycles. The summed E-state index contributed by atoms with van der Waals surface area (Å²) in [5, 5.41) is 10.0. The highest BCUT2D eigenvalue weighted by molar-refractivity contribution is 5.78. The minimum absolute atomic E-state index is 0.109. The minimum atomic E-state index is -0.373. The van der Waals surface area contributed by atoms with Crippen molar-refractivity contribution in [3.63, 3.8) is 0 Å². The van der Waals surface area contributed by atoms with E-state index < -0.39 is 0 Å². The highest BCUT2D eigenvalue weighted by atomic mass is 19.1. The van der Waals surface area contributed by atoms with Crippen molar-refractivity contribution in [1.29, 1.82) is 0 Å². The molecule has 1 unspecified atom stereocenters. The summed E-state index contributed by atoms with van der Waals surface area (Å²) >= 11 is 0. The van der Waals surface area contributed by atoms with Crippen LogP contribution in [-0.2, 0) is 4.79 Å². The van der Waals surface area contributed by atoms with Crippen molar-refractivity contribution in [1.82, 2.24) is 4.90 Å². The van der Waals surface area contributed by atoms with Gasteiger partial charge in [0, 0.05) is 12.5 Å². The molecule has 0 bridgehead atoms. The normalized spacial score (nSPS) is 31.2. The van der Waals surface area contributed by atoms with Gasteiger partial charge in [0.2, 0.25) is 5.91 Å². The first-order valence-electron chi connectivity index (χ1n) is 6.90. The van der Waals surface area contributed by atoms with E-state index in [1.807, 2.05) is 4.90 Å². The second-order valence-electron chi connectivity index (χ2n) is 5.54. The highest BCUT2D eigenvalue weighted by Crippen LogP contribution is 2.39. The molecule has 4 heteroatoms. The molecule has 1 aromatic rings. The van der Waals surface area contributed by atoms with Crippen molar-refractivity contribution >= 4 is 5.91 Å². The van der Waals surface area contributed by atoms with Crippen molar-refractivity contribution in [2.45, 2.75) is 50.3 Å². The van der Waals surface area contributed by atoms with E-state index in [0.717, 1.165) is 18.4 Å². The van der Waals surface area contributed by atoms with E-state index in [0.29, 0.717) is 19.3 Å². The number of amides is 1. The second-order valence-corrected chi connectivity index (χ2v) is 5.54. The largest absolute Gasteiger partial charge is 0.393 e. The molecule has 2 heterocycles. The fraction of sp³-hybridized carbons (Fsp3) is 0.533. The summed E-state index contributed by atoms with van der Waals surface area (Å²) in [5.41, 5.74) is 0.917. The van der Waals surface area contributed by atoms with Gasteiger partial charge in [-0.05, 0) is 43.4 Å². The summed E-state index contributed by atoms with van der Waals surface area (Å²) in [4.78, 5) is 14.1. The zero-order chi connectivity index (χ0) is 13.4. The number of hydrogen-bond acceptors (Lipinski definition) is 2. The van der Waals surface area contributed by atoms with E-state index in [1.165, 1.54) is 12.1 Å². The number of fused-ring (bicyclic) bond motifs is 1. The quantitative estimate of drug-likeness (QED) is 0.845. The third-order valence-electron chi connectivity index (χ3n) is 4.24. The van der Waals surface area contributed by atoms with Crippen LogP contribution in [0.25, 0.3) is 0 Å². The van der Waals surface area contributed by atoms with Crippen LogP contribution in [0.4, 0.5) is 4.39 Å². The number of aliphatic hydroxyl groups excluding tert-OH is 1. The molecule has 1 N–H and O–H groups in total. The molecule has 2 saturated heterocycles. The smallest absolute Gasteiger partial charge is 0.223 e. The van der Waals surface area contributed by atoms with Crippen LogP contribution >= 0.6 is 0 Å². The first-order chi connectivity index (χ1) is 9.15. The molecule has 19 heavy (non-hydrogen) atoms. The van der Waals surface area contributed by atoms with Crippen LogP contribution < -0.4 is 0 Å². The van der Waals surface area contributed by atoms with E-state index in [4.69, 9.17) is 0 Å². The van der Waals surface area contributed by atoms with Gasteiger partial charge in [-0.15, -0.1) is 0 Å². The minimum Gasteiger partial charge on any atom is -0.393 e. The highest BCUT2D eigenvalue weighted by Gasteiger charge is 2.40. The molecule has 0 radical (unpaired) electrons. The summed E-state index contributed by atoms with van der Waals surface area (Å²) in [6.07, 6.45) is 3.30. The Morgan fingerprint density at radius 1 is 1.21 bits per heavy atom. The summed E-state index contributed by atoms with van der Waals surface area (Å²) in [7, 11) is 0. The SMILES string of the molecule is O=C1CCC[C@H]2CC(O)C[C@@H](c3ccc(F)cc3)N12. The summed E-state index contributed by atoms with van der Waals surface area (Å²) in [6.45, 7) is 0. The molecule has 2 aliphatic heterocycles. The molecule has 0 saturated carbocycles. The average Bonchev–Trinajstić information content (AvgIpc) is 2.38. The van der Waals surface area contributed by atoms with Crippen LogP contribution in [0.5, 0.6) is 0 Å². The lowest BCUT2D eigenvalue weighted by Gasteiger charge is -2.46.